The largest absolute Gasteiger partial charge is 0.481 e. The molecule has 1 fully saturated rings. The molecule has 1 rings (SSSR count). The molecular weight excluding hydrogens is 374 g/mol. The predicted octanol–water partition coefficient (Wildman–Crippen LogP) is 2.87. The van der Waals surface area contributed by atoms with Gasteiger partial charge in [0.2, 0.25) is 5.91 Å². The van der Waals surface area contributed by atoms with Crippen LogP contribution in [0.5, 0.6) is 0 Å². The molecule has 1 heterocycles. The van der Waals surface area contributed by atoms with Crippen molar-refractivity contribution < 1.29 is 14.7 Å². The Balaban J connectivity index is 0. The van der Waals surface area contributed by atoms with Gasteiger partial charge in [0.1, 0.15) is 7.85 Å². The summed E-state index contributed by atoms with van der Waals surface area (Å²) in [5, 5.41) is 8.94. The summed E-state index contributed by atoms with van der Waals surface area (Å²) in [6, 6.07) is 0. The molecule has 2 atom stereocenters. The third kappa shape index (κ3) is 8.05. The van der Waals surface area contributed by atoms with Crippen LogP contribution in [0.25, 0.3) is 0 Å². The zero-order chi connectivity index (χ0) is 18.2. The van der Waals surface area contributed by atoms with Crippen molar-refractivity contribution in [1.29, 1.82) is 0 Å². The molecule has 0 aromatic heterocycles. The molecule has 0 aliphatic carbocycles. The summed E-state index contributed by atoms with van der Waals surface area (Å²) >= 11 is 0. The third-order valence-electron chi connectivity index (χ3n) is 5.51. The quantitative estimate of drug-likeness (QED) is 0.562. The summed E-state index contributed by atoms with van der Waals surface area (Å²) < 4.78 is 0. The molecule has 8 heteroatoms. The number of carbonyl (C=O) groups is 2. The lowest BCUT2D eigenvalue weighted by atomic mass is 9.63. The van der Waals surface area contributed by atoms with Crippen LogP contribution >= 0.6 is 24.8 Å². The number of nitrogens with zero attached hydrogens (tertiary/aromatic N) is 2. The van der Waals surface area contributed by atoms with Crippen LogP contribution in [0.3, 0.4) is 0 Å². The number of carboxylic acids is 1. The highest BCUT2D eigenvalue weighted by molar-refractivity contribution is 6.26. The molecule has 1 aliphatic heterocycles. The highest BCUT2D eigenvalue weighted by Crippen LogP contribution is 2.34. The lowest BCUT2D eigenvalue weighted by Gasteiger charge is -2.36. The second-order valence-electron chi connectivity index (χ2n) is 7.37. The number of likely N-dealkylation sites (tertiary alicyclic amines) is 1. The first-order valence-electron chi connectivity index (χ1n) is 9.62. The third-order valence-corrected chi connectivity index (χ3v) is 5.51. The van der Waals surface area contributed by atoms with E-state index in [4.69, 9.17) is 0 Å². The van der Waals surface area contributed by atoms with Crippen molar-refractivity contribution in [1.82, 2.24) is 9.80 Å². The van der Waals surface area contributed by atoms with E-state index in [1.165, 1.54) is 0 Å². The molecule has 0 spiro atoms. The zero-order valence-electron chi connectivity index (χ0n) is 16.8. The normalized spacial score (nSPS) is 19.6. The van der Waals surface area contributed by atoms with E-state index in [0.29, 0.717) is 6.42 Å². The van der Waals surface area contributed by atoms with Crippen molar-refractivity contribution in [3.63, 3.8) is 0 Å². The van der Waals surface area contributed by atoms with Gasteiger partial charge in [0.15, 0.2) is 0 Å². The van der Waals surface area contributed by atoms with E-state index in [-0.39, 0.29) is 36.6 Å². The molecule has 5 nitrogen and oxygen atoms in total. The van der Waals surface area contributed by atoms with Gasteiger partial charge in [-0.2, -0.15) is 0 Å². The number of rotatable bonds is 10. The average Bonchev–Trinajstić information content (AvgIpc) is 2.59. The molecule has 1 amide bonds. The Morgan fingerprint density at radius 2 is 1.81 bits per heavy atom. The molecule has 1 saturated heterocycles. The maximum absolute atomic E-state index is 12.6. The van der Waals surface area contributed by atoms with Gasteiger partial charge in [-0.25, -0.2) is 0 Å². The van der Waals surface area contributed by atoms with E-state index in [1.807, 2.05) is 26.6 Å². The Hall–Kier alpha value is -0.455. The van der Waals surface area contributed by atoms with E-state index in [1.54, 1.807) is 0 Å². The van der Waals surface area contributed by atoms with Gasteiger partial charge in [-0.15, -0.1) is 24.8 Å². The minimum Gasteiger partial charge on any atom is -0.481 e. The average molecular weight is 411 g/mol. The number of hydrogen-bond donors (Lipinski definition) is 1. The molecular formula is C18H37BCl2N2O3. The number of unbranched alkanes of at least 4 members (excludes halogenated alkanes) is 1. The number of piperidine rings is 1. The van der Waals surface area contributed by atoms with Crippen LogP contribution in [0, 0.1) is 5.92 Å². The fraction of sp³-hybridized carbons (Fsp3) is 0.889. The lowest BCUT2D eigenvalue weighted by molar-refractivity contribution is -0.142. The minimum atomic E-state index is -0.691. The highest BCUT2D eigenvalue weighted by Gasteiger charge is 2.34. The lowest BCUT2D eigenvalue weighted by Crippen LogP contribution is -2.45. The zero-order valence-corrected chi connectivity index (χ0v) is 18.5. The Morgan fingerprint density at radius 3 is 2.31 bits per heavy atom. The Morgan fingerprint density at radius 1 is 1.19 bits per heavy atom. The van der Waals surface area contributed by atoms with E-state index in [0.717, 1.165) is 64.8 Å². The molecule has 154 valence electrons. The number of aliphatic carboxylic acids is 1. The van der Waals surface area contributed by atoms with Gasteiger partial charge >= 0.3 is 5.97 Å². The van der Waals surface area contributed by atoms with Crippen LogP contribution in [0.4, 0.5) is 0 Å². The van der Waals surface area contributed by atoms with Gasteiger partial charge in [0.05, 0.1) is 5.92 Å². The van der Waals surface area contributed by atoms with Crippen LogP contribution in [0.15, 0.2) is 0 Å². The number of amides is 1. The summed E-state index contributed by atoms with van der Waals surface area (Å²) in [4.78, 5) is 28.4. The number of carboxylic acid groups (broad SMARTS) is 1. The molecule has 26 heavy (non-hydrogen) atoms. The molecule has 0 bridgehead atoms. The van der Waals surface area contributed by atoms with Gasteiger partial charge in [-0.05, 0) is 52.6 Å². The maximum atomic E-state index is 12.6. The minimum absolute atomic E-state index is 0. The molecule has 1 N–H and O–H groups in total. The van der Waals surface area contributed by atoms with E-state index in [2.05, 4.69) is 11.8 Å². The van der Waals surface area contributed by atoms with Crippen LogP contribution in [0.1, 0.15) is 59.3 Å². The van der Waals surface area contributed by atoms with Crippen LogP contribution in [-0.2, 0) is 9.59 Å². The molecule has 0 saturated carbocycles. The van der Waals surface area contributed by atoms with Crippen molar-refractivity contribution in [2.75, 3.05) is 32.7 Å². The highest BCUT2D eigenvalue weighted by atomic mass is 35.5. The van der Waals surface area contributed by atoms with Crippen LogP contribution < -0.4 is 0 Å². The predicted molar refractivity (Wildman–Crippen MR) is 115 cm³/mol. The van der Waals surface area contributed by atoms with Gasteiger partial charge in [0.25, 0.3) is 0 Å². The first kappa shape index (κ1) is 27.8. The summed E-state index contributed by atoms with van der Waals surface area (Å²) in [5.74, 6) is -0.356. The van der Waals surface area contributed by atoms with Crippen molar-refractivity contribution in [3.05, 3.63) is 0 Å². The number of hydrogen-bond acceptors (Lipinski definition) is 3. The smallest absolute Gasteiger partial charge is 0.301 e. The molecule has 1 aliphatic rings. The van der Waals surface area contributed by atoms with Gasteiger partial charge in [-0.3, -0.25) is 9.59 Å². The van der Waals surface area contributed by atoms with Crippen molar-refractivity contribution in [2.24, 2.45) is 5.92 Å². The molecule has 0 aromatic rings. The van der Waals surface area contributed by atoms with Gasteiger partial charge in [0, 0.05) is 24.9 Å². The van der Waals surface area contributed by atoms with Gasteiger partial charge in [-0.1, -0.05) is 19.8 Å². The topological polar surface area (TPSA) is 60.9 Å². The fourth-order valence-corrected chi connectivity index (χ4v) is 3.56. The standard InChI is InChI=1S/C18H35BN2O3.2ClH/c1-4-7-10-18(19,17(23)24)11-13-20-12-8-9-15(14-20)16(22)21(5-2)6-3;;/h15H,4-14,19H2,1-3H3,(H,23,24);2*1H. The number of carbonyl (C=O) groups excluding carboxylic acids is 1. The maximum Gasteiger partial charge on any atom is 0.301 e. The second kappa shape index (κ2) is 13.7. The first-order chi connectivity index (χ1) is 11.4. The van der Waals surface area contributed by atoms with Gasteiger partial charge < -0.3 is 14.9 Å². The van der Waals surface area contributed by atoms with Crippen molar-refractivity contribution in [3.8, 4) is 0 Å². The summed E-state index contributed by atoms with van der Waals surface area (Å²) in [6.07, 6.45) is 5.34. The Kier molecular flexibility index (Phi) is 14.6. The summed E-state index contributed by atoms with van der Waals surface area (Å²) in [5.41, 5.74) is 0. The molecule has 0 aromatic carbocycles. The van der Waals surface area contributed by atoms with Crippen LogP contribution in [-0.4, -0.2) is 67.4 Å². The fourth-order valence-electron chi connectivity index (χ4n) is 3.56. The van der Waals surface area contributed by atoms with E-state index < -0.39 is 11.3 Å². The molecule has 2 unspecified atom stereocenters. The van der Waals surface area contributed by atoms with Crippen LogP contribution in [0.2, 0.25) is 5.31 Å². The van der Waals surface area contributed by atoms with E-state index >= 15 is 0 Å². The SMILES string of the molecule is BC(CCCC)(CCN1CCCC(C(=O)N(CC)CC)C1)C(=O)O.Cl.Cl. The second-order valence-corrected chi connectivity index (χ2v) is 7.37. The Bertz CT molecular complexity index is 425. The first-order valence-corrected chi connectivity index (χ1v) is 9.62. The summed E-state index contributed by atoms with van der Waals surface area (Å²) in [6.45, 7) is 10.2. The summed E-state index contributed by atoms with van der Waals surface area (Å²) in [7, 11) is 1.87. The van der Waals surface area contributed by atoms with Crippen molar-refractivity contribution in [2.45, 2.75) is 64.6 Å². The number of halogens is 2. The Labute approximate surface area is 172 Å². The van der Waals surface area contributed by atoms with E-state index in [9.17, 15) is 14.7 Å². The monoisotopic (exact) mass is 410 g/mol. The molecule has 0 radical (unpaired) electrons. The van der Waals surface area contributed by atoms with Crippen molar-refractivity contribution >= 4 is 44.5 Å².